The Morgan fingerprint density at radius 1 is 0.914 bits per heavy atom. The number of carbonyl (C=O) groups excluding carboxylic acids is 1. The molecule has 3 aromatic heterocycles. The van der Waals surface area contributed by atoms with Crippen LogP contribution < -0.4 is 4.90 Å². The van der Waals surface area contributed by atoms with Crippen molar-refractivity contribution in [3.63, 3.8) is 0 Å². The molecular formula is C25H23F3N6O. The van der Waals surface area contributed by atoms with E-state index in [9.17, 15) is 18.0 Å². The summed E-state index contributed by atoms with van der Waals surface area (Å²) in [6, 6.07) is 14.2. The van der Waals surface area contributed by atoms with E-state index in [-0.39, 0.29) is 5.91 Å². The molecular weight excluding hydrogens is 457 g/mol. The first-order valence-electron chi connectivity index (χ1n) is 11.3. The van der Waals surface area contributed by atoms with Crippen molar-refractivity contribution in [3.05, 3.63) is 83.8 Å². The van der Waals surface area contributed by atoms with Gasteiger partial charge in [0.05, 0.1) is 23.9 Å². The van der Waals surface area contributed by atoms with Gasteiger partial charge in [0.15, 0.2) is 5.65 Å². The number of alkyl halides is 3. The Balaban J connectivity index is 1.26. The molecule has 0 N–H and O–H groups in total. The number of hydrogen-bond acceptors (Lipinski definition) is 5. The van der Waals surface area contributed by atoms with Gasteiger partial charge in [-0.05, 0) is 30.2 Å². The Morgan fingerprint density at radius 3 is 2.49 bits per heavy atom. The summed E-state index contributed by atoms with van der Waals surface area (Å²) in [5.41, 5.74) is 1.53. The second kappa shape index (κ2) is 9.36. The fraction of sp³-hybridized carbons (Fsp3) is 0.280. The van der Waals surface area contributed by atoms with Crippen LogP contribution in [0, 0.1) is 0 Å². The molecule has 0 saturated carbocycles. The van der Waals surface area contributed by atoms with Crippen molar-refractivity contribution < 1.29 is 18.0 Å². The smallest absolute Gasteiger partial charge is 0.355 e. The summed E-state index contributed by atoms with van der Waals surface area (Å²) in [5, 5.41) is 5.22. The van der Waals surface area contributed by atoms with Crippen molar-refractivity contribution >= 4 is 22.8 Å². The average molecular weight is 480 g/mol. The fourth-order valence-electron chi connectivity index (χ4n) is 4.23. The second-order valence-electron chi connectivity index (χ2n) is 8.46. The van der Waals surface area contributed by atoms with Crippen molar-refractivity contribution in [2.45, 2.75) is 19.1 Å². The van der Waals surface area contributed by atoms with Crippen LogP contribution in [0.4, 0.5) is 19.0 Å². The van der Waals surface area contributed by atoms with Crippen LogP contribution in [0.5, 0.6) is 0 Å². The molecule has 180 valence electrons. The van der Waals surface area contributed by atoms with Crippen LogP contribution >= 0.6 is 0 Å². The molecule has 35 heavy (non-hydrogen) atoms. The van der Waals surface area contributed by atoms with Crippen LogP contribution in [-0.4, -0.2) is 56.7 Å². The van der Waals surface area contributed by atoms with Crippen molar-refractivity contribution in [1.82, 2.24) is 24.6 Å². The largest absolute Gasteiger partial charge is 0.417 e. The number of rotatable bonds is 4. The van der Waals surface area contributed by atoms with Gasteiger partial charge in [-0.3, -0.25) is 4.79 Å². The summed E-state index contributed by atoms with van der Waals surface area (Å²) in [6.45, 7) is 2.65. The van der Waals surface area contributed by atoms with Crippen molar-refractivity contribution in [3.8, 4) is 0 Å². The van der Waals surface area contributed by atoms with Gasteiger partial charge in [-0.2, -0.15) is 18.3 Å². The molecule has 1 fully saturated rings. The number of amides is 1. The zero-order valence-electron chi connectivity index (χ0n) is 18.8. The summed E-state index contributed by atoms with van der Waals surface area (Å²) in [6.07, 6.45) is 0.401. The quantitative estimate of drug-likeness (QED) is 0.437. The third kappa shape index (κ3) is 4.96. The lowest BCUT2D eigenvalue weighted by molar-refractivity contribution is -0.137. The molecule has 0 radical (unpaired) electrons. The van der Waals surface area contributed by atoms with Gasteiger partial charge in [-0.15, -0.1) is 0 Å². The highest BCUT2D eigenvalue weighted by atomic mass is 19.4. The molecule has 5 rings (SSSR count). The Labute approximate surface area is 199 Å². The molecule has 4 aromatic rings. The number of nitrogens with zero attached hydrogens (tertiary/aromatic N) is 6. The van der Waals surface area contributed by atoms with Crippen LogP contribution in [-0.2, 0) is 12.7 Å². The fourth-order valence-corrected chi connectivity index (χ4v) is 4.23. The molecule has 1 amide bonds. The van der Waals surface area contributed by atoms with Gasteiger partial charge in [0.1, 0.15) is 5.82 Å². The highest BCUT2D eigenvalue weighted by Crippen LogP contribution is 2.29. The standard InChI is InChI=1S/C25H23F3N6O/c26-25(27,28)21-7-8-22(29-16-21)32-9-4-10-33(12-11-32)24(35)20-13-19-15-31-34(23(19)30-14-20)17-18-5-2-1-3-6-18/h1-3,5-8,13-16H,4,9-12,17H2. The van der Waals surface area contributed by atoms with E-state index in [0.717, 1.165) is 23.2 Å². The Bertz CT molecular complexity index is 1320. The minimum Gasteiger partial charge on any atom is -0.355 e. The first kappa shape index (κ1) is 22.8. The third-order valence-electron chi connectivity index (χ3n) is 6.08. The number of halogens is 3. The lowest BCUT2D eigenvalue weighted by Gasteiger charge is -2.23. The van der Waals surface area contributed by atoms with Crippen molar-refractivity contribution in [2.24, 2.45) is 0 Å². The second-order valence-corrected chi connectivity index (χ2v) is 8.46. The minimum absolute atomic E-state index is 0.127. The Kier molecular flexibility index (Phi) is 6.10. The normalized spacial score (nSPS) is 14.8. The van der Waals surface area contributed by atoms with Crippen LogP contribution in [0.2, 0.25) is 0 Å². The third-order valence-corrected chi connectivity index (χ3v) is 6.08. The highest BCUT2D eigenvalue weighted by molar-refractivity contribution is 5.96. The van der Waals surface area contributed by atoms with E-state index in [1.54, 1.807) is 28.0 Å². The number of pyridine rings is 2. The number of anilines is 1. The van der Waals surface area contributed by atoms with Gasteiger partial charge in [-0.25, -0.2) is 14.6 Å². The van der Waals surface area contributed by atoms with E-state index in [4.69, 9.17) is 0 Å². The van der Waals surface area contributed by atoms with Crippen molar-refractivity contribution in [2.75, 3.05) is 31.1 Å². The zero-order chi connectivity index (χ0) is 24.4. The molecule has 10 heteroatoms. The van der Waals surface area contributed by atoms with Gasteiger partial charge in [0.25, 0.3) is 5.91 Å². The average Bonchev–Trinajstić information content (AvgIpc) is 3.09. The molecule has 1 aliphatic rings. The van der Waals surface area contributed by atoms with E-state index in [2.05, 4.69) is 15.1 Å². The Morgan fingerprint density at radius 2 is 1.74 bits per heavy atom. The molecule has 0 atom stereocenters. The van der Waals surface area contributed by atoms with E-state index in [0.29, 0.717) is 56.2 Å². The summed E-state index contributed by atoms with van der Waals surface area (Å²) < 4.78 is 40.3. The van der Waals surface area contributed by atoms with Crippen LogP contribution in [0.3, 0.4) is 0 Å². The first-order valence-corrected chi connectivity index (χ1v) is 11.3. The van der Waals surface area contributed by atoms with E-state index in [1.807, 2.05) is 35.2 Å². The first-order chi connectivity index (χ1) is 16.9. The molecule has 0 unspecified atom stereocenters. The number of fused-ring (bicyclic) bond motifs is 1. The zero-order valence-corrected chi connectivity index (χ0v) is 18.8. The number of aromatic nitrogens is 4. The maximum Gasteiger partial charge on any atom is 0.417 e. The van der Waals surface area contributed by atoms with Crippen LogP contribution in [0.1, 0.15) is 27.9 Å². The highest BCUT2D eigenvalue weighted by Gasteiger charge is 2.31. The van der Waals surface area contributed by atoms with Crippen LogP contribution in [0.25, 0.3) is 11.0 Å². The molecule has 1 aromatic carbocycles. The maximum atomic E-state index is 13.2. The molecule has 1 saturated heterocycles. The predicted octanol–water partition coefficient (Wildman–Crippen LogP) is 4.25. The molecule has 0 aliphatic carbocycles. The summed E-state index contributed by atoms with van der Waals surface area (Å²) >= 11 is 0. The maximum absolute atomic E-state index is 13.2. The Hall–Kier alpha value is -3.95. The van der Waals surface area contributed by atoms with Crippen LogP contribution in [0.15, 0.2) is 67.1 Å². The summed E-state index contributed by atoms with van der Waals surface area (Å²) in [7, 11) is 0. The molecule has 0 bridgehead atoms. The summed E-state index contributed by atoms with van der Waals surface area (Å²) in [4.78, 5) is 25.3. The lowest BCUT2D eigenvalue weighted by Crippen LogP contribution is -2.35. The van der Waals surface area contributed by atoms with Gasteiger partial charge >= 0.3 is 6.18 Å². The van der Waals surface area contributed by atoms with E-state index in [1.165, 1.54) is 6.07 Å². The number of benzene rings is 1. The minimum atomic E-state index is -4.42. The van der Waals surface area contributed by atoms with E-state index < -0.39 is 11.7 Å². The van der Waals surface area contributed by atoms with Crippen molar-refractivity contribution in [1.29, 1.82) is 0 Å². The molecule has 1 aliphatic heterocycles. The lowest BCUT2D eigenvalue weighted by atomic mass is 10.2. The topological polar surface area (TPSA) is 67.2 Å². The molecule has 4 heterocycles. The SMILES string of the molecule is O=C(c1cnc2c(cnn2Cc2ccccc2)c1)N1CCCN(c2ccc(C(F)(F)F)cn2)CC1. The summed E-state index contributed by atoms with van der Waals surface area (Å²) in [5.74, 6) is 0.346. The van der Waals surface area contributed by atoms with Gasteiger partial charge in [-0.1, -0.05) is 30.3 Å². The number of carbonyl (C=O) groups is 1. The monoisotopic (exact) mass is 480 g/mol. The van der Waals surface area contributed by atoms with Gasteiger partial charge in [0, 0.05) is 44.0 Å². The van der Waals surface area contributed by atoms with Gasteiger partial charge < -0.3 is 9.80 Å². The predicted molar refractivity (Wildman–Crippen MR) is 125 cm³/mol. The van der Waals surface area contributed by atoms with Gasteiger partial charge in [0.2, 0.25) is 0 Å². The number of hydrogen-bond donors (Lipinski definition) is 0. The molecule has 7 nitrogen and oxygen atoms in total. The molecule has 0 spiro atoms. The van der Waals surface area contributed by atoms with E-state index >= 15 is 0 Å².